The van der Waals surface area contributed by atoms with Crippen molar-refractivity contribution in [3.8, 4) is 6.07 Å². The number of hydrogen-bond donors (Lipinski definition) is 1. The Morgan fingerprint density at radius 3 is 2.71 bits per heavy atom. The lowest BCUT2D eigenvalue weighted by molar-refractivity contribution is 0.0554. The molecule has 0 bridgehead atoms. The summed E-state index contributed by atoms with van der Waals surface area (Å²) in [7, 11) is 0. The molecule has 31 heavy (non-hydrogen) atoms. The summed E-state index contributed by atoms with van der Waals surface area (Å²) in [6.45, 7) is 2.06. The molecule has 1 unspecified atom stereocenters. The number of benzene rings is 2. The Kier molecular flexibility index (Phi) is 4.73. The smallest absolute Gasteiger partial charge is 0.259 e. The van der Waals surface area contributed by atoms with Crippen LogP contribution in [0.5, 0.6) is 0 Å². The fourth-order valence-corrected chi connectivity index (χ4v) is 4.14. The number of H-pyrrole nitrogens is 1. The SMILES string of the molecule is N#CC1CN(C(=O)c2cnn3c2[nH]c(=O)c2ccccc23)CCN1Cc1ccccc1. The molecule has 0 radical (unpaired) electrons. The average molecular weight is 412 g/mol. The van der Waals surface area contributed by atoms with Crippen LogP contribution in [0.2, 0.25) is 0 Å². The van der Waals surface area contributed by atoms with Gasteiger partial charge in [0.05, 0.1) is 23.2 Å². The summed E-state index contributed by atoms with van der Waals surface area (Å²) in [6, 6.07) is 19.0. The Morgan fingerprint density at radius 2 is 1.90 bits per heavy atom. The molecule has 1 amide bonds. The molecule has 1 N–H and O–H groups in total. The Bertz CT molecular complexity index is 1370. The summed E-state index contributed by atoms with van der Waals surface area (Å²) in [5.41, 5.74) is 2.21. The zero-order valence-corrected chi connectivity index (χ0v) is 16.7. The zero-order chi connectivity index (χ0) is 21.4. The maximum Gasteiger partial charge on any atom is 0.259 e. The van der Waals surface area contributed by atoms with E-state index in [9.17, 15) is 14.9 Å². The van der Waals surface area contributed by atoms with Gasteiger partial charge in [-0.2, -0.15) is 10.4 Å². The molecule has 5 rings (SSSR count). The van der Waals surface area contributed by atoms with E-state index in [1.54, 1.807) is 27.6 Å². The van der Waals surface area contributed by atoms with Crippen molar-refractivity contribution in [1.29, 1.82) is 5.26 Å². The summed E-state index contributed by atoms with van der Waals surface area (Å²) in [5, 5.41) is 14.6. The molecule has 2 aromatic heterocycles. The number of aromatic amines is 1. The van der Waals surface area contributed by atoms with Crippen LogP contribution in [0.15, 0.2) is 65.6 Å². The second-order valence-electron chi connectivity index (χ2n) is 7.64. The van der Waals surface area contributed by atoms with Crippen LogP contribution in [0.1, 0.15) is 15.9 Å². The second-order valence-corrected chi connectivity index (χ2v) is 7.64. The molecule has 1 aliphatic rings. The van der Waals surface area contributed by atoms with Gasteiger partial charge in [0.15, 0.2) is 0 Å². The van der Waals surface area contributed by atoms with Crippen LogP contribution >= 0.6 is 0 Å². The molecule has 3 heterocycles. The first-order valence-electron chi connectivity index (χ1n) is 10.1. The van der Waals surface area contributed by atoms with Crippen LogP contribution in [0.25, 0.3) is 16.6 Å². The predicted molar refractivity (Wildman–Crippen MR) is 115 cm³/mol. The van der Waals surface area contributed by atoms with Crippen molar-refractivity contribution in [2.75, 3.05) is 19.6 Å². The summed E-state index contributed by atoms with van der Waals surface area (Å²) in [5.74, 6) is -0.236. The summed E-state index contributed by atoms with van der Waals surface area (Å²) >= 11 is 0. The minimum Gasteiger partial charge on any atom is -0.335 e. The van der Waals surface area contributed by atoms with Crippen molar-refractivity contribution < 1.29 is 4.79 Å². The molecule has 0 saturated carbocycles. The lowest BCUT2D eigenvalue weighted by Gasteiger charge is -2.38. The number of aromatic nitrogens is 3. The predicted octanol–water partition coefficient (Wildman–Crippen LogP) is 2.03. The van der Waals surface area contributed by atoms with Gasteiger partial charge in [0.1, 0.15) is 17.3 Å². The maximum atomic E-state index is 13.3. The van der Waals surface area contributed by atoms with Crippen molar-refractivity contribution >= 4 is 22.5 Å². The first-order valence-corrected chi connectivity index (χ1v) is 10.1. The number of hydrogen-bond acceptors (Lipinski definition) is 5. The van der Waals surface area contributed by atoms with Gasteiger partial charge in [-0.25, -0.2) is 4.52 Å². The van der Waals surface area contributed by atoms with Crippen molar-refractivity contribution in [2.45, 2.75) is 12.6 Å². The van der Waals surface area contributed by atoms with Crippen LogP contribution in [-0.4, -0.2) is 56.0 Å². The monoisotopic (exact) mass is 412 g/mol. The molecular formula is C23H20N6O2. The maximum absolute atomic E-state index is 13.3. The van der Waals surface area contributed by atoms with E-state index in [0.29, 0.717) is 48.3 Å². The van der Waals surface area contributed by atoms with Crippen molar-refractivity contribution in [1.82, 2.24) is 24.4 Å². The highest BCUT2D eigenvalue weighted by Crippen LogP contribution is 2.19. The van der Waals surface area contributed by atoms with Gasteiger partial charge in [0, 0.05) is 26.2 Å². The summed E-state index contributed by atoms with van der Waals surface area (Å²) in [6.07, 6.45) is 1.48. The molecule has 2 aromatic carbocycles. The minimum atomic E-state index is -0.403. The molecule has 1 aliphatic heterocycles. The number of piperazine rings is 1. The number of nitrogens with one attached hydrogen (secondary N) is 1. The van der Waals surface area contributed by atoms with Gasteiger partial charge in [-0.3, -0.25) is 14.5 Å². The first kappa shape index (κ1) is 19.0. The van der Waals surface area contributed by atoms with Gasteiger partial charge < -0.3 is 9.88 Å². The van der Waals surface area contributed by atoms with E-state index in [1.165, 1.54) is 6.20 Å². The number of carbonyl (C=O) groups excluding carboxylic acids is 1. The highest BCUT2D eigenvalue weighted by molar-refractivity contribution is 6.00. The van der Waals surface area contributed by atoms with Gasteiger partial charge in [-0.1, -0.05) is 42.5 Å². The van der Waals surface area contributed by atoms with Crippen LogP contribution in [0.3, 0.4) is 0 Å². The third-order valence-corrected chi connectivity index (χ3v) is 5.76. The third kappa shape index (κ3) is 3.35. The Morgan fingerprint density at radius 1 is 1.13 bits per heavy atom. The summed E-state index contributed by atoms with van der Waals surface area (Å²) in [4.78, 5) is 32.3. The van der Waals surface area contributed by atoms with E-state index in [0.717, 1.165) is 5.56 Å². The number of para-hydroxylation sites is 1. The Labute approximate surface area is 177 Å². The van der Waals surface area contributed by atoms with Crippen LogP contribution in [0.4, 0.5) is 0 Å². The van der Waals surface area contributed by atoms with E-state index < -0.39 is 6.04 Å². The molecule has 8 heteroatoms. The van der Waals surface area contributed by atoms with E-state index >= 15 is 0 Å². The number of amides is 1. The first-order chi connectivity index (χ1) is 15.2. The van der Waals surface area contributed by atoms with Crippen LogP contribution < -0.4 is 5.56 Å². The lowest BCUT2D eigenvalue weighted by Crippen LogP contribution is -2.53. The van der Waals surface area contributed by atoms with Gasteiger partial charge >= 0.3 is 0 Å². The van der Waals surface area contributed by atoms with Gasteiger partial charge in [-0.05, 0) is 17.7 Å². The van der Waals surface area contributed by atoms with Gasteiger partial charge in [0.2, 0.25) is 0 Å². The number of nitriles is 1. The molecule has 0 aliphatic carbocycles. The molecule has 1 saturated heterocycles. The Hall–Kier alpha value is -3.96. The quantitative estimate of drug-likeness (QED) is 0.555. The highest BCUT2D eigenvalue weighted by atomic mass is 16.2. The second kappa shape index (κ2) is 7.70. The number of rotatable bonds is 3. The molecule has 1 fully saturated rings. The zero-order valence-electron chi connectivity index (χ0n) is 16.7. The van der Waals surface area contributed by atoms with Gasteiger partial charge in [0.25, 0.3) is 11.5 Å². The lowest BCUT2D eigenvalue weighted by atomic mass is 10.1. The number of nitrogens with zero attached hydrogens (tertiary/aromatic N) is 5. The van der Waals surface area contributed by atoms with Crippen molar-refractivity contribution in [3.63, 3.8) is 0 Å². The van der Waals surface area contributed by atoms with Gasteiger partial charge in [-0.15, -0.1) is 0 Å². The standard InChI is InChI=1S/C23H20N6O2/c24-12-17-15-28(11-10-27(17)14-16-6-2-1-3-7-16)23(31)19-13-25-29-20-9-5-4-8-18(20)22(30)26-21(19)29/h1-9,13,17H,10-11,14-15H2,(H,26,30). The number of fused-ring (bicyclic) bond motifs is 3. The van der Waals surface area contributed by atoms with E-state index in [4.69, 9.17) is 0 Å². The molecule has 0 spiro atoms. The van der Waals surface area contributed by atoms with E-state index in [1.807, 2.05) is 36.4 Å². The van der Waals surface area contributed by atoms with Crippen molar-refractivity contribution in [3.05, 3.63) is 82.3 Å². The third-order valence-electron chi connectivity index (χ3n) is 5.76. The largest absolute Gasteiger partial charge is 0.335 e. The molecule has 4 aromatic rings. The summed E-state index contributed by atoms with van der Waals surface area (Å²) < 4.78 is 1.58. The Balaban J connectivity index is 1.42. The number of carbonyl (C=O) groups is 1. The molecular weight excluding hydrogens is 392 g/mol. The fraction of sp³-hybridized carbons (Fsp3) is 0.217. The average Bonchev–Trinajstić information content (AvgIpc) is 3.23. The highest BCUT2D eigenvalue weighted by Gasteiger charge is 2.31. The van der Waals surface area contributed by atoms with E-state index in [2.05, 4.69) is 21.1 Å². The van der Waals surface area contributed by atoms with Crippen molar-refractivity contribution in [2.24, 2.45) is 0 Å². The molecule has 1 atom stereocenters. The van der Waals surface area contributed by atoms with E-state index in [-0.39, 0.29) is 11.5 Å². The molecule has 154 valence electrons. The minimum absolute atomic E-state index is 0.236. The molecule has 8 nitrogen and oxygen atoms in total. The topological polar surface area (TPSA) is 97.5 Å². The fourth-order valence-electron chi connectivity index (χ4n) is 4.14. The normalized spacial score (nSPS) is 17.1. The van der Waals surface area contributed by atoms with Crippen LogP contribution in [0, 0.1) is 11.3 Å². The van der Waals surface area contributed by atoms with Crippen LogP contribution in [-0.2, 0) is 6.54 Å².